The van der Waals surface area contributed by atoms with Crippen molar-refractivity contribution in [2.45, 2.75) is 20.0 Å². The summed E-state index contributed by atoms with van der Waals surface area (Å²) in [6.45, 7) is 3.10. The van der Waals surface area contributed by atoms with Crippen molar-refractivity contribution in [2.75, 3.05) is 13.2 Å². The van der Waals surface area contributed by atoms with Gasteiger partial charge in [0.1, 0.15) is 25.2 Å². The standard InChI is InChI=1S/C24H20N2O6/c1-2-15-12-20(27)32-23-21(15)22(28)25-24(26-23)31-13-14-4-3-5-16(10-14)17-6-7-18-19(11-17)30-9-8-29-18/h3-7,10-12H,2,8-9,13H2,1H3,(H,25,26,28). The fourth-order valence-electron chi connectivity index (χ4n) is 3.69. The first-order valence-electron chi connectivity index (χ1n) is 10.3. The average Bonchev–Trinajstić information content (AvgIpc) is 2.81. The smallest absolute Gasteiger partial charge is 0.337 e. The molecule has 0 saturated heterocycles. The van der Waals surface area contributed by atoms with Gasteiger partial charge in [0.2, 0.25) is 5.71 Å². The predicted octanol–water partition coefficient (Wildman–Crippen LogP) is 3.46. The maximum atomic E-state index is 12.5. The van der Waals surface area contributed by atoms with Gasteiger partial charge in [0, 0.05) is 6.07 Å². The number of fused-ring (bicyclic) bond motifs is 2. The minimum absolute atomic E-state index is 0.0105. The molecule has 0 aliphatic carbocycles. The Bertz CT molecular complexity index is 1420. The molecule has 0 fully saturated rings. The van der Waals surface area contributed by atoms with Gasteiger partial charge in [-0.3, -0.25) is 9.78 Å². The van der Waals surface area contributed by atoms with Crippen LogP contribution in [0.1, 0.15) is 18.1 Å². The second-order valence-corrected chi connectivity index (χ2v) is 7.34. The summed E-state index contributed by atoms with van der Waals surface area (Å²) in [6, 6.07) is 14.9. The largest absolute Gasteiger partial charge is 0.486 e. The highest BCUT2D eigenvalue weighted by Crippen LogP contribution is 2.34. The van der Waals surface area contributed by atoms with Gasteiger partial charge in [0.05, 0.1) is 0 Å². The second-order valence-electron chi connectivity index (χ2n) is 7.34. The zero-order valence-corrected chi connectivity index (χ0v) is 17.3. The van der Waals surface area contributed by atoms with Crippen LogP contribution in [0.4, 0.5) is 0 Å². The Balaban J connectivity index is 1.39. The van der Waals surface area contributed by atoms with Crippen LogP contribution in [0.2, 0.25) is 0 Å². The molecule has 2 aromatic carbocycles. The number of nitrogens with zero attached hydrogens (tertiary/aromatic N) is 1. The van der Waals surface area contributed by atoms with E-state index in [4.69, 9.17) is 18.6 Å². The Morgan fingerprint density at radius 2 is 1.81 bits per heavy atom. The number of hydrogen-bond donors (Lipinski definition) is 1. The number of nitrogens with one attached hydrogen (secondary N) is 1. The molecule has 4 aromatic rings. The van der Waals surface area contributed by atoms with Crippen molar-refractivity contribution in [3.8, 4) is 28.6 Å². The number of H-pyrrole nitrogens is 1. The van der Waals surface area contributed by atoms with Gasteiger partial charge in [-0.2, -0.15) is 4.98 Å². The molecule has 8 nitrogen and oxygen atoms in total. The molecular weight excluding hydrogens is 412 g/mol. The van der Waals surface area contributed by atoms with E-state index in [1.165, 1.54) is 6.07 Å². The quantitative estimate of drug-likeness (QED) is 0.515. The summed E-state index contributed by atoms with van der Waals surface area (Å²) >= 11 is 0. The Morgan fingerprint density at radius 1 is 1.00 bits per heavy atom. The molecule has 8 heteroatoms. The van der Waals surface area contributed by atoms with Crippen LogP contribution in [0.3, 0.4) is 0 Å². The number of rotatable bonds is 5. The lowest BCUT2D eigenvalue weighted by Gasteiger charge is -2.19. The van der Waals surface area contributed by atoms with Crippen molar-refractivity contribution >= 4 is 11.1 Å². The first kappa shape index (κ1) is 19.9. The van der Waals surface area contributed by atoms with Crippen molar-refractivity contribution in [3.05, 3.63) is 80.4 Å². The third-order valence-electron chi connectivity index (χ3n) is 5.23. The zero-order valence-electron chi connectivity index (χ0n) is 17.3. The average molecular weight is 432 g/mol. The molecule has 2 aromatic heterocycles. The number of aryl methyl sites for hydroxylation is 1. The summed E-state index contributed by atoms with van der Waals surface area (Å²) in [5, 5.41) is 0.264. The summed E-state index contributed by atoms with van der Waals surface area (Å²) < 4.78 is 22.1. The molecule has 1 N–H and O–H groups in total. The van der Waals surface area contributed by atoms with Crippen molar-refractivity contribution in [3.63, 3.8) is 0 Å². The van der Waals surface area contributed by atoms with E-state index in [1.807, 2.05) is 49.4 Å². The van der Waals surface area contributed by atoms with Gasteiger partial charge >= 0.3 is 5.63 Å². The van der Waals surface area contributed by atoms with Gasteiger partial charge in [-0.25, -0.2) is 4.79 Å². The van der Waals surface area contributed by atoms with E-state index < -0.39 is 11.2 Å². The molecule has 0 amide bonds. The number of ether oxygens (including phenoxy) is 3. The van der Waals surface area contributed by atoms with E-state index in [-0.39, 0.29) is 23.7 Å². The van der Waals surface area contributed by atoms with Crippen LogP contribution in [0.15, 0.2) is 62.5 Å². The molecule has 32 heavy (non-hydrogen) atoms. The second kappa shape index (κ2) is 8.22. The van der Waals surface area contributed by atoms with Crippen LogP contribution in [0.5, 0.6) is 17.5 Å². The van der Waals surface area contributed by atoms with Gasteiger partial charge in [-0.05, 0) is 46.9 Å². The molecular formula is C24H20N2O6. The predicted molar refractivity (Wildman–Crippen MR) is 117 cm³/mol. The highest BCUT2D eigenvalue weighted by molar-refractivity contribution is 5.75. The molecule has 1 aliphatic rings. The molecule has 3 heterocycles. The summed E-state index contributed by atoms with van der Waals surface area (Å²) in [6.07, 6.45) is 0.514. The zero-order chi connectivity index (χ0) is 22.1. The Kier molecular flexibility index (Phi) is 5.10. The fraction of sp³-hybridized carbons (Fsp3) is 0.208. The summed E-state index contributed by atoms with van der Waals surface area (Å²) in [7, 11) is 0. The van der Waals surface area contributed by atoms with E-state index in [1.54, 1.807) is 0 Å². The van der Waals surface area contributed by atoms with E-state index in [0.29, 0.717) is 25.2 Å². The Hall–Kier alpha value is -4.07. The fourth-order valence-corrected chi connectivity index (χ4v) is 3.69. The molecule has 1 aliphatic heterocycles. The number of hydrogen-bond acceptors (Lipinski definition) is 7. The summed E-state index contributed by atoms with van der Waals surface area (Å²) in [4.78, 5) is 31.0. The molecule has 0 unspecified atom stereocenters. The highest BCUT2D eigenvalue weighted by Gasteiger charge is 2.14. The van der Waals surface area contributed by atoms with E-state index >= 15 is 0 Å². The SMILES string of the molecule is CCc1cc(=O)oc2nc(OCc3cccc(-c4ccc5c(c4)OCCO5)c3)[nH]c(=O)c12. The Morgan fingerprint density at radius 3 is 2.66 bits per heavy atom. The number of aromatic amines is 1. The minimum Gasteiger partial charge on any atom is -0.486 e. The van der Waals surface area contributed by atoms with Crippen molar-refractivity contribution in [1.82, 2.24) is 9.97 Å². The van der Waals surface area contributed by atoms with Crippen LogP contribution in [-0.4, -0.2) is 23.2 Å². The van der Waals surface area contributed by atoms with Crippen LogP contribution in [0.25, 0.3) is 22.2 Å². The number of aromatic nitrogens is 2. The van der Waals surface area contributed by atoms with Crippen molar-refractivity contribution in [1.29, 1.82) is 0 Å². The lowest BCUT2D eigenvalue weighted by Crippen LogP contribution is -2.15. The van der Waals surface area contributed by atoms with Crippen molar-refractivity contribution < 1.29 is 18.6 Å². The normalized spacial score (nSPS) is 12.7. The summed E-state index contributed by atoms with van der Waals surface area (Å²) in [5.41, 5.74) is 2.45. The topological polar surface area (TPSA) is 104 Å². The van der Waals surface area contributed by atoms with Crippen LogP contribution in [-0.2, 0) is 13.0 Å². The highest BCUT2D eigenvalue weighted by atomic mass is 16.6. The molecule has 162 valence electrons. The lowest BCUT2D eigenvalue weighted by molar-refractivity contribution is 0.171. The van der Waals surface area contributed by atoms with E-state index in [9.17, 15) is 9.59 Å². The number of benzene rings is 2. The monoisotopic (exact) mass is 432 g/mol. The van der Waals surface area contributed by atoms with Gasteiger partial charge in [0.15, 0.2) is 11.5 Å². The van der Waals surface area contributed by atoms with Crippen molar-refractivity contribution in [2.24, 2.45) is 0 Å². The van der Waals surface area contributed by atoms with Crippen LogP contribution >= 0.6 is 0 Å². The Labute approximate surface area is 182 Å². The van der Waals surface area contributed by atoms with Gasteiger partial charge in [-0.1, -0.05) is 31.2 Å². The molecule has 0 saturated carbocycles. The lowest BCUT2D eigenvalue weighted by atomic mass is 10.0. The maximum Gasteiger partial charge on any atom is 0.337 e. The van der Waals surface area contributed by atoms with E-state index in [2.05, 4.69) is 9.97 Å². The van der Waals surface area contributed by atoms with Gasteiger partial charge in [0.25, 0.3) is 11.6 Å². The van der Waals surface area contributed by atoms with Crippen LogP contribution < -0.4 is 25.4 Å². The van der Waals surface area contributed by atoms with Gasteiger partial charge < -0.3 is 18.6 Å². The molecule has 0 spiro atoms. The molecule has 0 radical (unpaired) electrons. The molecule has 5 rings (SSSR count). The molecule has 0 bridgehead atoms. The summed E-state index contributed by atoms with van der Waals surface area (Å²) in [5.74, 6) is 1.46. The first-order chi connectivity index (χ1) is 15.6. The third kappa shape index (κ3) is 3.82. The first-order valence-corrected chi connectivity index (χ1v) is 10.3. The van der Waals surface area contributed by atoms with E-state index in [0.717, 1.165) is 28.2 Å². The minimum atomic E-state index is -0.550. The van der Waals surface area contributed by atoms with Gasteiger partial charge in [-0.15, -0.1) is 0 Å². The third-order valence-corrected chi connectivity index (χ3v) is 5.23. The van der Waals surface area contributed by atoms with Crippen LogP contribution in [0, 0.1) is 0 Å². The molecule has 0 atom stereocenters. The maximum absolute atomic E-state index is 12.5.